The van der Waals surface area contributed by atoms with Crippen LogP contribution in [0.1, 0.15) is 25.5 Å². The van der Waals surface area contributed by atoms with E-state index in [0.717, 1.165) is 28.6 Å². The maximum Gasteiger partial charge on any atom is 0.169 e. The molecule has 0 unspecified atom stereocenters. The van der Waals surface area contributed by atoms with E-state index in [1.165, 1.54) is 12.8 Å². The highest BCUT2D eigenvalue weighted by Crippen LogP contribution is 2.48. The molecular weight excluding hydrogens is 263 g/mol. The van der Waals surface area contributed by atoms with E-state index in [1.54, 1.807) is 0 Å². The number of rotatable bonds is 3. The summed E-state index contributed by atoms with van der Waals surface area (Å²) >= 11 is 9.34. The van der Waals surface area contributed by atoms with Crippen molar-refractivity contribution in [2.45, 2.75) is 26.2 Å². The molecule has 1 aromatic heterocycles. The summed E-state index contributed by atoms with van der Waals surface area (Å²) in [5, 5.41) is 0. The van der Waals surface area contributed by atoms with Crippen LogP contribution >= 0.6 is 27.5 Å². The van der Waals surface area contributed by atoms with Crippen LogP contribution in [0.15, 0.2) is 21.2 Å². The van der Waals surface area contributed by atoms with Crippen LogP contribution in [0, 0.1) is 11.3 Å². The molecule has 1 saturated carbocycles. The van der Waals surface area contributed by atoms with Crippen LogP contribution in [-0.4, -0.2) is 5.88 Å². The first-order chi connectivity index (χ1) is 6.63. The van der Waals surface area contributed by atoms with Gasteiger partial charge in [-0.1, -0.05) is 6.92 Å². The highest BCUT2D eigenvalue weighted by Gasteiger charge is 2.41. The molecule has 0 amide bonds. The minimum absolute atomic E-state index is 0.304. The second-order valence-corrected chi connectivity index (χ2v) is 5.58. The van der Waals surface area contributed by atoms with Crippen LogP contribution in [0.25, 0.3) is 0 Å². The third-order valence-corrected chi connectivity index (χ3v) is 4.02. The fourth-order valence-electron chi connectivity index (χ4n) is 2.54. The van der Waals surface area contributed by atoms with Crippen molar-refractivity contribution in [1.29, 1.82) is 0 Å². The molecule has 0 radical (unpaired) electrons. The Kier molecular flexibility index (Phi) is 2.94. The number of halogens is 2. The Morgan fingerprint density at radius 2 is 2.29 bits per heavy atom. The van der Waals surface area contributed by atoms with Crippen molar-refractivity contribution in [3.63, 3.8) is 0 Å². The molecule has 3 heteroatoms. The molecule has 1 aliphatic carbocycles. The second kappa shape index (κ2) is 3.90. The van der Waals surface area contributed by atoms with Gasteiger partial charge >= 0.3 is 0 Å². The van der Waals surface area contributed by atoms with Crippen LogP contribution < -0.4 is 0 Å². The van der Waals surface area contributed by atoms with E-state index >= 15 is 0 Å². The maximum atomic E-state index is 6.03. The zero-order chi connectivity index (χ0) is 10.2. The van der Waals surface area contributed by atoms with Gasteiger partial charge in [0, 0.05) is 12.3 Å². The maximum absolute atomic E-state index is 6.03. The molecule has 1 heterocycles. The number of furan rings is 1. The highest BCUT2D eigenvalue weighted by molar-refractivity contribution is 9.10. The zero-order valence-corrected chi connectivity index (χ0v) is 10.6. The Bertz CT molecular complexity index is 315. The summed E-state index contributed by atoms with van der Waals surface area (Å²) in [7, 11) is 0. The van der Waals surface area contributed by atoms with E-state index in [-0.39, 0.29) is 0 Å². The molecule has 0 bridgehead atoms. The van der Waals surface area contributed by atoms with Crippen LogP contribution in [0.5, 0.6) is 0 Å². The van der Waals surface area contributed by atoms with Gasteiger partial charge in [-0.25, -0.2) is 0 Å². The summed E-state index contributed by atoms with van der Waals surface area (Å²) in [4.78, 5) is 0. The van der Waals surface area contributed by atoms with Crippen molar-refractivity contribution >= 4 is 27.5 Å². The standard InChI is InChI=1S/C11H14BrClO/c1-8-4-11(5-8,7-13)6-9-2-3-10(12)14-9/h2-3,8H,4-7H2,1H3. The average molecular weight is 278 g/mol. The highest BCUT2D eigenvalue weighted by atomic mass is 79.9. The van der Waals surface area contributed by atoms with Gasteiger partial charge in [-0.3, -0.25) is 0 Å². The predicted octanol–water partition coefficient (Wildman–Crippen LogP) is 4.24. The van der Waals surface area contributed by atoms with E-state index in [2.05, 4.69) is 22.9 Å². The Morgan fingerprint density at radius 1 is 1.57 bits per heavy atom. The SMILES string of the molecule is CC1CC(CCl)(Cc2ccc(Br)o2)C1. The summed E-state index contributed by atoms with van der Waals surface area (Å²) in [6.45, 7) is 2.28. The Labute approximate surface area is 97.9 Å². The molecule has 0 aliphatic heterocycles. The van der Waals surface area contributed by atoms with Gasteiger partial charge in [0.25, 0.3) is 0 Å². The zero-order valence-electron chi connectivity index (χ0n) is 8.22. The summed E-state index contributed by atoms with van der Waals surface area (Å²) < 4.78 is 6.32. The Balaban J connectivity index is 2.02. The molecule has 0 saturated heterocycles. The van der Waals surface area contributed by atoms with Crippen molar-refractivity contribution in [2.24, 2.45) is 11.3 Å². The van der Waals surface area contributed by atoms with Gasteiger partial charge in [0.15, 0.2) is 4.67 Å². The first-order valence-corrected chi connectivity index (χ1v) is 6.26. The van der Waals surface area contributed by atoms with Crippen LogP contribution in [-0.2, 0) is 6.42 Å². The Morgan fingerprint density at radius 3 is 2.71 bits per heavy atom. The minimum atomic E-state index is 0.304. The lowest BCUT2D eigenvalue weighted by atomic mass is 9.62. The average Bonchev–Trinajstić information content (AvgIpc) is 2.48. The van der Waals surface area contributed by atoms with Crippen molar-refractivity contribution in [3.05, 3.63) is 22.6 Å². The minimum Gasteiger partial charge on any atom is -0.454 e. The van der Waals surface area contributed by atoms with E-state index in [0.29, 0.717) is 5.41 Å². The van der Waals surface area contributed by atoms with E-state index < -0.39 is 0 Å². The fraction of sp³-hybridized carbons (Fsp3) is 0.636. The van der Waals surface area contributed by atoms with Crippen molar-refractivity contribution in [3.8, 4) is 0 Å². The van der Waals surface area contributed by atoms with Crippen molar-refractivity contribution in [2.75, 3.05) is 5.88 Å². The molecule has 0 atom stereocenters. The molecule has 1 nitrogen and oxygen atoms in total. The van der Waals surface area contributed by atoms with Crippen LogP contribution in [0.2, 0.25) is 0 Å². The molecule has 14 heavy (non-hydrogen) atoms. The van der Waals surface area contributed by atoms with E-state index in [9.17, 15) is 0 Å². The summed E-state index contributed by atoms with van der Waals surface area (Å²) in [6, 6.07) is 3.97. The number of alkyl halides is 1. The van der Waals surface area contributed by atoms with Crippen LogP contribution in [0.3, 0.4) is 0 Å². The van der Waals surface area contributed by atoms with Gasteiger partial charge in [-0.15, -0.1) is 11.6 Å². The molecule has 1 aliphatic rings. The van der Waals surface area contributed by atoms with Crippen molar-refractivity contribution in [1.82, 2.24) is 0 Å². The smallest absolute Gasteiger partial charge is 0.169 e. The second-order valence-electron chi connectivity index (χ2n) is 4.53. The Hall–Kier alpha value is 0.0500. The molecular formula is C11H14BrClO. The molecule has 2 rings (SSSR count). The van der Waals surface area contributed by atoms with Gasteiger partial charge < -0.3 is 4.42 Å². The molecule has 0 spiro atoms. The van der Waals surface area contributed by atoms with Gasteiger partial charge in [0.1, 0.15) is 5.76 Å². The van der Waals surface area contributed by atoms with Crippen molar-refractivity contribution < 1.29 is 4.42 Å². The molecule has 78 valence electrons. The number of hydrogen-bond acceptors (Lipinski definition) is 1. The largest absolute Gasteiger partial charge is 0.454 e. The lowest BCUT2D eigenvalue weighted by Gasteiger charge is -2.45. The van der Waals surface area contributed by atoms with Gasteiger partial charge in [-0.05, 0) is 52.2 Å². The first-order valence-electron chi connectivity index (χ1n) is 4.94. The number of hydrogen-bond donors (Lipinski definition) is 0. The summed E-state index contributed by atoms with van der Waals surface area (Å²) in [6.07, 6.45) is 3.44. The molecule has 1 aromatic rings. The molecule has 1 fully saturated rings. The topological polar surface area (TPSA) is 13.1 Å². The first kappa shape index (κ1) is 10.6. The van der Waals surface area contributed by atoms with Gasteiger partial charge in [0.05, 0.1) is 0 Å². The summed E-state index contributed by atoms with van der Waals surface area (Å²) in [5.74, 6) is 2.62. The predicted molar refractivity (Wildman–Crippen MR) is 61.7 cm³/mol. The lowest BCUT2D eigenvalue weighted by molar-refractivity contribution is 0.0856. The van der Waals surface area contributed by atoms with Crippen LogP contribution in [0.4, 0.5) is 0 Å². The monoisotopic (exact) mass is 276 g/mol. The fourth-order valence-corrected chi connectivity index (χ4v) is 3.19. The lowest BCUT2D eigenvalue weighted by Crippen LogP contribution is -2.39. The summed E-state index contributed by atoms with van der Waals surface area (Å²) in [5.41, 5.74) is 0.304. The molecule has 0 N–H and O–H groups in total. The van der Waals surface area contributed by atoms with Gasteiger partial charge in [-0.2, -0.15) is 0 Å². The van der Waals surface area contributed by atoms with Gasteiger partial charge in [0.2, 0.25) is 0 Å². The third-order valence-electron chi connectivity index (χ3n) is 3.02. The van der Waals surface area contributed by atoms with E-state index in [1.807, 2.05) is 12.1 Å². The molecule has 0 aromatic carbocycles. The quantitative estimate of drug-likeness (QED) is 0.753. The normalized spacial score (nSPS) is 31.5. The van der Waals surface area contributed by atoms with E-state index in [4.69, 9.17) is 16.0 Å². The third kappa shape index (κ3) is 2.01.